The van der Waals surface area contributed by atoms with E-state index in [0.717, 1.165) is 0 Å². The topological polar surface area (TPSA) is 0 Å². The maximum Gasteiger partial charge on any atom is 0.0142 e. The van der Waals surface area contributed by atoms with Crippen LogP contribution in [0.3, 0.4) is 0 Å². The quantitative estimate of drug-likeness (QED) is 0.603. The highest BCUT2D eigenvalue weighted by Gasteiger charge is 2.34. The molecule has 0 spiro atoms. The largest absolute Gasteiger partial charge is 0.144 e. The molecule has 1 heteroatoms. The Labute approximate surface area is 130 Å². The summed E-state index contributed by atoms with van der Waals surface area (Å²) in [6.45, 7) is 14.4. The molecule has 0 fully saturated rings. The summed E-state index contributed by atoms with van der Waals surface area (Å²) >= 11 is 2.13. The van der Waals surface area contributed by atoms with Gasteiger partial charge in [-0.05, 0) is 54.1 Å². The van der Waals surface area contributed by atoms with Gasteiger partial charge in [-0.2, -0.15) is 0 Å². The summed E-state index contributed by atoms with van der Waals surface area (Å²) in [6.07, 6.45) is 9.42. The van der Waals surface area contributed by atoms with Gasteiger partial charge >= 0.3 is 0 Å². The van der Waals surface area contributed by atoms with Gasteiger partial charge in [0.2, 0.25) is 0 Å². The predicted molar refractivity (Wildman–Crippen MR) is 92.2 cm³/mol. The van der Waals surface area contributed by atoms with Gasteiger partial charge in [-0.1, -0.05) is 54.4 Å². The molecule has 0 bridgehead atoms. The first-order valence-corrected chi connectivity index (χ1v) is 9.24. The highest BCUT2D eigenvalue weighted by Crippen LogP contribution is 2.47. The van der Waals surface area contributed by atoms with Gasteiger partial charge in [-0.3, -0.25) is 0 Å². The zero-order valence-electron chi connectivity index (χ0n) is 14.4. The van der Waals surface area contributed by atoms with Crippen LogP contribution in [0, 0.1) is 0 Å². The molecule has 114 valence electrons. The van der Waals surface area contributed by atoms with Gasteiger partial charge in [0.1, 0.15) is 0 Å². The Kier molecular flexibility index (Phi) is 4.69. The van der Waals surface area contributed by atoms with Gasteiger partial charge < -0.3 is 0 Å². The second-order valence-electron chi connectivity index (χ2n) is 8.15. The van der Waals surface area contributed by atoms with Crippen molar-refractivity contribution >= 4 is 11.3 Å². The van der Waals surface area contributed by atoms with Crippen LogP contribution in [-0.2, 0) is 23.7 Å². The van der Waals surface area contributed by atoms with E-state index in [-0.39, 0.29) is 0 Å². The normalized spacial score (nSPS) is 16.3. The van der Waals surface area contributed by atoms with Crippen molar-refractivity contribution in [2.24, 2.45) is 0 Å². The molecule has 0 saturated carbocycles. The van der Waals surface area contributed by atoms with E-state index in [9.17, 15) is 0 Å². The fourth-order valence-electron chi connectivity index (χ4n) is 3.55. The second kappa shape index (κ2) is 5.83. The number of rotatable bonds is 4. The molecular formula is C19H32S. The Morgan fingerprint density at radius 3 is 2.25 bits per heavy atom. The van der Waals surface area contributed by atoms with E-state index in [1.54, 1.807) is 20.9 Å². The minimum atomic E-state index is 0.292. The Balaban J connectivity index is 2.51. The van der Waals surface area contributed by atoms with E-state index in [1.165, 1.54) is 44.9 Å². The third-order valence-electron chi connectivity index (χ3n) is 4.68. The molecule has 1 aromatic rings. The average molecular weight is 293 g/mol. The Hall–Kier alpha value is -0.300. The minimum Gasteiger partial charge on any atom is -0.144 e. The lowest BCUT2D eigenvalue weighted by atomic mass is 9.73. The standard InChI is InChI=1S/C19H32S/c1-7-8-13-19(5,6)16-14-11-9-10-12-15(14)20-17(16)18(2,3)4/h7-13H2,1-6H3. The van der Waals surface area contributed by atoms with Crippen LogP contribution < -0.4 is 0 Å². The fraction of sp³-hybridized carbons (Fsp3) is 0.789. The molecule has 1 aromatic heterocycles. The van der Waals surface area contributed by atoms with Gasteiger partial charge in [-0.25, -0.2) is 0 Å². The summed E-state index contributed by atoms with van der Waals surface area (Å²) < 4.78 is 0. The van der Waals surface area contributed by atoms with Crippen molar-refractivity contribution in [3.63, 3.8) is 0 Å². The first kappa shape index (κ1) is 16.1. The molecule has 1 aliphatic carbocycles. The van der Waals surface area contributed by atoms with Crippen molar-refractivity contribution in [2.45, 2.75) is 97.3 Å². The second-order valence-corrected chi connectivity index (χ2v) is 9.26. The molecule has 0 amide bonds. The van der Waals surface area contributed by atoms with E-state index in [0.29, 0.717) is 10.8 Å². The lowest BCUT2D eigenvalue weighted by molar-refractivity contribution is 0.440. The Morgan fingerprint density at radius 2 is 1.65 bits per heavy atom. The van der Waals surface area contributed by atoms with Gasteiger partial charge in [0.25, 0.3) is 0 Å². The number of hydrogen-bond acceptors (Lipinski definition) is 1. The number of thiophene rings is 1. The monoisotopic (exact) mass is 292 g/mol. The molecule has 0 aliphatic heterocycles. The lowest BCUT2D eigenvalue weighted by Crippen LogP contribution is -2.24. The lowest BCUT2D eigenvalue weighted by Gasteiger charge is -2.32. The molecule has 0 aromatic carbocycles. The van der Waals surface area contributed by atoms with E-state index in [2.05, 4.69) is 52.9 Å². The third kappa shape index (κ3) is 3.13. The molecule has 0 saturated heterocycles. The van der Waals surface area contributed by atoms with E-state index in [1.807, 2.05) is 0 Å². The van der Waals surface area contributed by atoms with Crippen molar-refractivity contribution < 1.29 is 0 Å². The zero-order chi connectivity index (χ0) is 15.0. The number of unbranched alkanes of at least 4 members (excludes halogenated alkanes) is 1. The van der Waals surface area contributed by atoms with Crippen LogP contribution in [-0.4, -0.2) is 0 Å². The molecule has 0 atom stereocenters. The molecule has 0 radical (unpaired) electrons. The molecule has 20 heavy (non-hydrogen) atoms. The van der Waals surface area contributed by atoms with Crippen LogP contribution in [0.15, 0.2) is 0 Å². The molecule has 0 nitrogen and oxygen atoms in total. The summed E-state index contributed by atoms with van der Waals surface area (Å²) in [7, 11) is 0. The predicted octanol–water partition coefficient (Wildman–Crippen LogP) is 6.39. The minimum absolute atomic E-state index is 0.292. The summed E-state index contributed by atoms with van der Waals surface area (Å²) in [4.78, 5) is 3.38. The van der Waals surface area contributed by atoms with Crippen molar-refractivity contribution in [2.75, 3.05) is 0 Å². The SMILES string of the molecule is CCCCC(C)(C)c1c(C(C)(C)C)sc2c1CCCC2. The van der Waals surface area contributed by atoms with Crippen LogP contribution in [0.5, 0.6) is 0 Å². The first-order chi connectivity index (χ1) is 9.27. The third-order valence-corrected chi connectivity index (χ3v) is 6.40. The molecule has 2 rings (SSSR count). The summed E-state index contributed by atoms with van der Waals surface area (Å²) in [6, 6.07) is 0. The number of aryl methyl sites for hydroxylation is 1. The Morgan fingerprint density at radius 1 is 1.00 bits per heavy atom. The smallest absolute Gasteiger partial charge is 0.0142 e. The molecule has 1 aliphatic rings. The van der Waals surface area contributed by atoms with E-state index in [4.69, 9.17) is 0 Å². The summed E-state index contributed by atoms with van der Waals surface area (Å²) in [5.74, 6) is 0. The van der Waals surface area contributed by atoms with Crippen molar-refractivity contribution in [1.29, 1.82) is 0 Å². The first-order valence-electron chi connectivity index (χ1n) is 8.43. The highest BCUT2D eigenvalue weighted by molar-refractivity contribution is 7.12. The van der Waals surface area contributed by atoms with Crippen LogP contribution in [0.1, 0.15) is 94.5 Å². The Bertz CT molecular complexity index is 457. The average Bonchev–Trinajstić information content (AvgIpc) is 2.76. The van der Waals surface area contributed by atoms with Crippen molar-refractivity contribution in [3.05, 3.63) is 20.9 Å². The van der Waals surface area contributed by atoms with Gasteiger partial charge in [0.05, 0.1) is 0 Å². The zero-order valence-corrected chi connectivity index (χ0v) is 15.2. The maximum atomic E-state index is 2.48. The van der Waals surface area contributed by atoms with Crippen molar-refractivity contribution in [1.82, 2.24) is 0 Å². The van der Waals surface area contributed by atoms with Crippen molar-refractivity contribution in [3.8, 4) is 0 Å². The summed E-state index contributed by atoms with van der Waals surface area (Å²) in [5.41, 5.74) is 4.12. The molecular weight excluding hydrogens is 260 g/mol. The van der Waals surface area contributed by atoms with E-state index >= 15 is 0 Å². The van der Waals surface area contributed by atoms with Gasteiger partial charge in [0, 0.05) is 9.75 Å². The fourth-order valence-corrected chi connectivity index (χ4v) is 5.18. The van der Waals surface area contributed by atoms with Crippen LogP contribution >= 0.6 is 11.3 Å². The van der Waals surface area contributed by atoms with Gasteiger partial charge in [-0.15, -0.1) is 11.3 Å². The van der Waals surface area contributed by atoms with Gasteiger partial charge in [0.15, 0.2) is 0 Å². The van der Waals surface area contributed by atoms with E-state index < -0.39 is 0 Å². The summed E-state index contributed by atoms with van der Waals surface area (Å²) in [5, 5.41) is 0. The molecule has 0 N–H and O–H groups in total. The van der Waals surface area contributed by atoms with Crippen LogP contribution in [0.4, 0.5) is 0 Å². The maximum absolute atomic E-state index is 2.48. The number of hydrogen-bond donors (Lipinski definition) is 0. The highest BCUT2D eigenvalue weighted by atomic mass is 32.1. The molecule has 0 unspecified atom stereocenters. The number of fused-ring (bicyclic) bond motifs is 1. The molecule has 1 heterocycles. The van der Waals surface area contributed by atoms with Crippen LogP contribution in [0.2, 0.25) is 0 Å². The van der Waals surface area contributed by atoms with Crippen LogP contribution in [0.25, 0.3) is 0 Å².